The smallest absolute Gasteiger partial charge is 0.244 e. The van der Waals surface area contributed by atoms with Crippen molar-refractivity contribution in [2.75, 3.05) is 13.2 Å². The van der Waals surface area contributed by atoms with Crippen LogP contribution in [0, 0.1) is 12.3 Å². The number of benzene rings is 2. The van der Waals surface area contributed by atoms with Crippen LogP contribution in [0.25, 0.3) is 0 Å². The summed E-state index contributed by atoms with van der Waals surface area (Å²) in [6.45, 7) is 2.49. The van der Waals surface area contributed by atoms with Crippen molar-refractivity contribution in [1.82, 2.24) is 5.43 Å². The Morgan fingerprint density at radius 1 is 1.26 bits per heavy atom. The van der Waals surface area contributed by atoms with Crippen LogP contribution in [0.2, 0.25) is 0 Å². The standard InChI is InChI=1S/C20H18Br2N2O3/c1-3-9-27-20-17(22)10-15(11-18(20)26-4-2)13-23-24-19(25)12-14-5-7-16(21)8-6-14/h1,5-8,10-11,13H,4,9,12H2,2H3,(H,24,25)/b23-13-. The second-order valence-electron chi connectivity index (χ2n) is 5.35. The zero-order valence-corrected chi connectivity index (χ0v) is 17.8. The van der Waals surface area contributed by atoms with Gasteiger partial charge in [-0.2, -0.15) is 5.10 Å². The summed E-state index contributed by atoms with van der Waals surface area (Å²) in [5.41, 5.74) is 4.16. The highest BCUT2D eigenvalue weighted by Gasteiger charge is 2.11. The number of halogens is 2. The van der Waals surface area contributed by atoms with E-state index in [9.17, 15) is 4.79 Å². The van der Waals surface area contributed by atoms with Crippen molar-refractivity contribution >= 4 is 44.0 Å². The first-order valence-corrected chi connectivity index (χ1v) is 9.71. The Kier molecular flexibility index (Phi) is 8.37. The first kappa shape index (κ1) is 21.0. The van der Waals surface area contributed by atoms with Gasteiger partial charge in [-0.1, -0.05) is 34.0 Å². The average Bonchev–Trinajstić information content (AvgIpc) is 2.63. The van der Waals surface area contributed by atoms with Crippen LogP contribution in [0.1, 0.15) is 18.1 Å². The minimum atomic E-state index is -0.202. The summed E-state index contributed by atoms with van der Waals surface area (Å²) < 4.78 is 12.8. The monoisotopic (exact) mass is 492 g/mol. The van der Waals surface area contributed by atoms with E-state index in [1.54, 1.807) is 12.1 Å². The Bertz CT molecular complexity index is 859. The molecule has 0 saturated heterocycles. The Balaban J connectivity index is 2.03. The molecule has 5 nitrogen and oxygen atoms in total. The number of amides is 1. The highest BCUT2D eigenvalue weighted by Crippen LogP contribution is 2.36. The number of hydrogen-bond acceptors (Lipinski definition) is 4. The molecule has 0 heterocycles. The SMILES string of the molecule is C#CCOc1c(Br)cc(/C=N\NC(=O)Cc2ccc(Br)cc2)cc1OCC. The molecule has 0 aliphatic carbocycles. The third kappa shape index (κ3) is 6.74. The van der Waals surface area contributed by atoms with Crippen molar-refractivity contribution in [3.63, 3.8) is 0 Å². The maximum Gasteiger partial charge on any atom is 0.244 e. The fourth-order valence-corrected chi connectivity index (χ4v) is 3.02. The minimum absolute atomic E-state index is 0.137. The molecule has 0 aliphatic heterocycles. The lowest BCUT2D eigenvalue weighted by Gasteiger charge is -2.13. The van der Waals surface area contributed by atoms with E-state index in [2.05, 4.69) is 48.3 Å². The molecule has 27 heavy (non-hydrogen) atoms. The van der Waals surface area contributed by atoms with Crippen LogP contribution in [0.5, 0.6) is 11.5 Å². The Labute approximate surface area is 175 Å². The van der Waals surface area contributed by atoms with Gasteiger partial charge in [0.25, 0.3) is 0 Å². The van der Waals surface area contributed by atoms with Gasteiger partial charge in [0, 0.05) is 4.47 Å². The normalized spacial score (nSPS) is 10.4. The van der Waals surface area contributed by atoms with Crippen LogP contribution in [0.15, 0.2) is 50.4 Å². The van der Waals surface area contributed by atoms with Crippen molar-refractivity contribution in [3.05, 3.63) is 56.5 Å². The molecule has 0 radical (unpaired) electrons. The summed E-state index contributed by atoms with van der Waals surface area (Å²) >= 11 is 6.81. The van der Waals surface area contributed by atoms with Crippen molar-refractivity contribution in [2.45, 2.75) is 13.3 Å². The minimum Gasteiger partial charge on any atom is -0.490 e. The van der Waals surface area contributed by atoms with Crippen molar-refractivity contribution in [2.24, 2.45) is 5.10 Å². The molecule has 1 amide bonds. The second kappa shape index (κ2) is 10.8. The third-order valence-electron chi connectivity index (χ3n) is 3.31. The molecule has 0 bridgehead atoms. The number of carbonyl (C=O) groups is 1. The average molecular weight is 494 g/mol. The lowest BCUT2D eigenvalue weighted by Crippen LogP contribution is -2.19. The van der Waals surface area contributed by atoms with E-state index in [1.807, 2.05) is 31.2 Å². The molecule has 0 fully saturated rings. The maximum atomic E-state index is 12.0. The molecule has 140 valence electrons. The molecule has 0 spiro atoms. The number of rotatable bonds is 8. The molecule has 0 unspecified atom stereocenters. The predicted molar refractivity (Wildman–Crippen MR) is 113 cm³/mol. The van der Waals surface area contributed by atoms with E-state index in [4.69, 9.17) is 15.9 Å². The molecule has 0 aliphatic rings. The fourth-order valence-electron chi connectivity index (χ4n) is 2.19. The number of hydrogen-bond donors (Lipinski definition) is 1. The van der Waals surface area contributed by atoms with Crippen molar-refractivity contribution < 1.29 is 14.3 Å². The summed E-state index contributed by atoms with van der Waals surface area (Å²) in [5.74, 6) is 3.30. The zero-order valence-electron chi connectivity index (χ0n) is 14.7. The van der Waals surface area contributed by atoms with E-state index in [-0.39, 0.29) is 18.9 Å². The van der Waals surface area contributed by atoms with Crippen molar-refractivity contribution in [3.8, 4) is 23.8 Å². The summed E-state index contributed by atoms with van der Waals surface area (Å²) in [5, 5.41) is 4.01. The van der Waals surface area contributed by atoms with Crippen LogP contribution in [0.4, 0.5) is 0 Å². The highest BCUT2D eigenvalue weighted by atomic mass is 79.9. The summed E-state index contributed by atoms with van der Waals surface area (Å²) in [7, 11) is 0. The molecule has 1 N–H and O–H groups in total. The molecule has 2 rings (SSSR count). The Morgan fingerprint density at radius 3 is 2.67 bits per heavy atom. The lowest BCUT2D eigenvalue weighted by molar-refractivity contribution is -0.120. The van der Waals surface area contributed by atoms with Gasteiger partial charge >= 0.3 is 0 Å². The molecular weight excluding hydrogens is 476 g/mol. The predicted octanol–water partition coefficient (Wildman–Crippen LogP) is 4.32. The van der Waals surface area contributed by atoms with Gasteiger partial charge in [-0.25, -0.2) is 5.43 Å². The summed E-state index contributed by atoms with van der Waals surface area (Å²) in [6, 6.07) is 11.1. The van der Waals surface area contributed by atoms with Crippen molar-refractivity contribution in [1.29, 1.82) is 0 Å². The van der Waals surface area contributed by atoms with Crippen LogP contribution in [-0.4, -0.2) is 25.3 Å². The number of hydrazone groups is 1. The van der Waals surface area contributed by atoms with Gasteiger partial charge in [0.2, 0.25) is 5.91 Å². The molecule has 2 aromatic carbocycles. The number of terminal acetylenes is 1. The number of nitrogens with zero attached hydrogens (tertiary/aromatic N) is 1. The number of ether oxygens (including phenoxy) is 2. The number of carbonyl (C=O) groups excluding carboxylic acids is 1. The highest BCUT2D eigenvalue weighted by molar-refractivity contribution is 9.10. The van der Waals surface area contributed by atoms with E-state index in [0.717, 1.165) is 15.6 Å². The molecule has 0 saturated carbocycles. The lowest BCUT2D eigenvalue weighted by atomic mass is 10.1. The Morgan fingerprint density at radius 2 is 2.00 bits per heavy atom. The zero-order chi connectivity index (χ0) is 19.6. The maximum absolute atomic E-state index is 12.0. The van der Waals surface area contributed by atoms with Gasteiger partial charge in [-0.05, 0) is 58.2 Å². The fraction of sp³-hybridized carbons (Fsp3) is 0.200. The van der Waals surface area contributed by atoms with E-state index < -0.39 is 0 Å². The molecule has 2 aromatic rings. The Hall–Kier alpha value is -2.30. The molecule has 7 heteroatoms. The van der Waals surface area contributed by atoms with Gasteiger partial charge in [-0.3, -0.25) is 4.79 Å². The first-order chi connectivity index (χ1) is 13.0. The summed E-state index contributed by atoms with van der Waals surface area (Å²) in [4.78, 5) is 12.0. The van der Waals surface area contributed by atoms with Gasteiger partial charge in [0.05, 0.1) is 23.7 Å². The van der Waals surface area contributed by atoms with Gasteiger partial charge in [0.1, 0.15) is 6.61 Å². The van der Waals surface area contributed by atoms with Crippen LogP contribution >= 0.6 is 31.9 Å². The quantitative estimate of drug-likeness (QED) is 0.338. The molecular formula is C20H18Br2N2O3. The van der Waals surface area contributed by atoms with E-state index in [1.165, 1.54) is 6.21 Å². The largest absolute Gasteiger partial charge is 0.490 e. The van der Waals surface area contributed by atoms with Gasteiger partial charge in [-0.15, -0.1) is 6.42 Å². The molecule has 0 aromatic heterocycles. The van der Waals surface area contributed by atoms with Gasteiger partial charge in [0.15, 0.2) is 11.5 Å². The molecule has 0 atom stereocenters. The third-order valence-corrected chi connectivity index (χ3v) is 4.43. The van der Waals surface area contributed by atoms with E-state index in [0.29, 0.717) is 22.6 Å². The van der Waals surface area contributed by atoms with Gasteiger partial charge < -0.3 is 9.47 Å². The second-order valence-corrected chi connectivity index (χ2v) is 7.12. The van der Waals surface area contributed by atoms with E-state index >= 15 is 0 Å². The van der Waals surface area contributed by atoms with Crippen LogP contribution in [-0.2, 0) is 11.2 Å². The van der Waals surface area contributed by atoms with Crippen LogP contribution in [0.3, 0.4) is 0 Å². The summed E-state index contributed by atoms with van der Waals surface area (Å²) in [6.07, 6.45) is 7.03. The number of nitrogens with one attached hydrogen (secondary N) is 1. The first-order valence-electron chi connectivity index (χ1n) is 8.12. The van der Waals surface area contributed by atoms with Crippen LogP contribution < -0.4 is 14.9 Å². The topological polar surface area (TPSA) is 59.9 Å².